The molecule has 0 saturated carbocycles. The molecule has 1 atom stereocenters. The molecule has 1 aromatic carbocycles. The van der Waals surface area contributed by atoms with Crippen molar-refractivity contribution in [1.82, 2.24) is 0 Å². The van der Waals surface area contributed by atoms with Crippen LogP contribution in [0.25, 0.3) is 11.0 Å². The quantitative estimate of drug-likeness (QED) is 0.729. The first-order valence-corrected chi connectivity index (χ1v) is 6.05. The van der Waals surface area contributed by atoms with E-state index < -0.39 is 6.10 Å². The number of benzene rings is 1. The molecule has 0 amide bonds. The Morgan fingerprint density at radius 1 is 1.24 bits per heavy atom. The number of phenols is 1. The molecule has 4 heteroatoms. The predicted octanol–water partition coefficient (Wildman–Crippen LogP) is 3.28. The molecule has 0 radical (unpaired) electrons. The van der Waals surface area contributed by atoms with Gasteiger partial charge in [-0.05, 0) is 29.6 Å². The van der Waals surface area contributed by atoms with E-state index in [1.165, 1.54) is 17.6 Å². The maximum Gasteiger partial charge on any atom is 0.134 e. The molecular formula is C13H10O3S. The highest BCUT2D eigenvalue weighted by atomic mass is 32.1. The molecule has 0 aliphatic carbocycles. The Bertz CT molecular complexity index is 640. The van der Waals surface area contributed by atoms with Crippen LogP contribution in [0, 0.1) is 0 Å². The first kappa shape index (κ1) is 10.4. The van der Waals surface area contributed by atoms with E-state index in [2.05, 4.69) is 0 Å². The van der Waals surface area contributed by atoms with Gasteiger partial charge in [-0.15, -0.1) is 11.3 Å². The van der Waals surface area contributed by atoms with Crippen molar-refractivity contribution in [2.75, 3.05) is 0 Å². The van der Waals surface area contributed by atoms with Gasteiger partial charge in [-0.25, -0.2) is 0 Å². The summed E-state index contributed by atoms with van der Waals surface area (Å²) < 4.78 is 5.36. The van der Waals surface area contributed by atoms with Crippen molar-refractivity contribution in [2.45, 2.75) is 6.10 Å². The van der Waals surface area contributed by atoms with Crippen molar-refractivity contribution >= 4 is 22.3 Å². The first-order valence-electron chi connectivity index (χ1n) is 5.17. The SMILES string of the molecule is Oc1ccc2occ(C(O)c3cccs3)c2c1. The van der Waals surface area contributed by atoms with Crippen molar-refractivity contribution in [2.24, 2.45) is 0 Å². The fourth-order valence-electron chi connectivity index (χ4n) is 1.85. The van der Waals surface area contributed by atoms with Crippen molar-refractivity contribution in [3.63, 3.8) is 0 Å². The lowest BCUT2D eigenvalue weighted by atomic mass is 10.1. The second-order valence-electron chi connectivity index (χ2n) is 3.79. The van der Waals surface area contributed by atoms with Gasteiger partial charge in [0, 0.05) is 15.8 Å². The molecule has 1 unspecified atom stereocenters. The maximum absolute atomic E-state index is 10.2. The van der Waals surface area contributed by atoms with E-state index in [1.54, 1.807) is 18.2 Å². The molecule has 0 aliphatic heterocycles. The van der Waals surface area contributed by atoms with E-state index in [0.717, 1.165) is 10.3 Å². The van der Waals surface area contributed by atoms with Crippen LogP contribution in [0.2, 0.25) is 0 Å². The molecule has 3 rings (SSSR count). The molecule has 0 fully saturated rings. The molecule has 0 bridgehead atoms. The first-order chi connectivity index (χ1) is 8.25. The van der Waals surface area contributed by atoms with E-state index in [0.29, 0.717) is 11.1 Å². The standard InChI is InChI=1S/C13H10O3S/c14-8-3-4-11-9(6-8)10(7-16-11)13(15)12-2-1-5-17-12/h1-7,13-15H. The summed E-state index contributed by atoms with van der Waals surface area (Å²) in [6, 6.07) is 8.62. The topological polar surface area (TPSA) is 53.6 Å². The second kappa shape index (κ2) is 3.91. The molecule has 0 aliphatic rings. The molecule has 86 valence electrons. The van der Waals surface area contributed by atoms with Gasteiger partial charge in [0.2, 0.25) is 0 Å². The number of fused-ring (bicyclic) bond motifs is 1. The van der Waals surface area contributed by atoms with Gasteiger partial charge in [0.05, 0.1) is 6.26 Å². The molecule has 0 saturated heterocycles. The average molecular weight is 246 g/mol. The van der Waals surface area contributed by atoms with Gasteiger partial charge >= 0.3 is 0 Å². The zero-order valence-electron chi connectivity index (χ0n) is 8.83. The van der Waals surface area contributed by atoms with Crippen LogP contribution in [0.1, 0.15) is 16.5 Å². The van der Waals surface area contributed by atoms with Crippen LogP contribution < -0.4 is 0 Å². The van der Waals surface area contributed by atoms with Crippen molar-refractivity contribution < 1.29 is 14.6 Å². The van der Waals surface area contributed by atoms with Crippen LogP contribution in [-0.2, 0) is 0 Å². The Morgan fingerprint density at radius 3 is 2.88 bits per heavy atom. The zero-order valence-corrected chi connectivity index (χ0v) is 9.65. The minimum Gasteiger partial charge on any atom is -0.508 e. The van der Waals surface area contributed by atoms with Gasteiger partial charge in [0.15, 0.2) is 0 Å². The highest BCUT2D eigenvalue weighted by Crippen LogP contribution is 2.33. The largest absolute Gasteiger partial charge is 0.508 e. The monoisotopic (exact) mass is 246 g/mol. The number of aliphatic hydroxyl groups excluding tert-OH is 1. The third-order valence-electron chi connectivity index (χ3n) is 2.69. The number of rotatable bonds is 2. The summed E-state index contributed by atoms with van der Waals surface area (Å²) in [7, 11) is 0. The van der Waals surface area contributed by atoms with Gasteiger partial charge < -0.3 is 14.6 Å². The highest BCUT2D eigenvalue weighted by molar-refractivity contribution is 7.10. The summed E-state index contributed by atoms with van der Waals surface area (Å²) in [6.45, 7) is 0. The minimum absolute atomic E-state index is 0.165. The molecule has 17 heavy (non-hydrogen) atoms. The van der Waals surface area contributed by atoms with Gasteiger partial charge in [-0.1, -0.05) is 6.07 Å². The minimum atomic E-state index is -0.710. The summed E-state index contributed by atoms with van der Waals surface area (Å²) in [5, 5.41) is 22.3. The summed E-state index contributed by atoms with van der Waals surface area (Å²) in [6.07, 6.45) is 0.826. The lowest BCUT2D eigenvalue weighted by Gasteiger charge is -2.06. The summed E-state index contributed by atoms with van der Waals surface area (Å²) >= 11 is 1.49. The van der Waals surface area contributed by atoms with E-state index in [1.807, 2.05) is 17.5 Å². The van der Waals surface area contributed by atoms with Gasteiger partial charge in [0.25, 0.3) is 0 Å². The average Bonchev–Trinajstić information content (AvgIpc) is 2.97. The molecule has 0 spiro atoms. The van der Waals surface area contributed by atoms with Crippen LogP contribution in [0.3, 0.4) is 0 Å². The molecule has 3 aromatic rings. The van der Waals surface area contributed by atoms with Crippen molar-refractivity contribution in [3.05, 3.63) is 52.4 Å². The van der Waals surface area contributed by atoms with Gasteiger partial charge in [0.1, 0.15) is 17.4 Å². The van der Waals surface area contributed by atoms with Crippen LogP contribution >= 0.6 is 11.3 Å². The number of hydrogen-bond donors (Lipinski definition) is 2. The Hall–Kier alpha value is -1.78. The van der Waals surface area contributed by atoms with E-state index in [9.17, 15) is 10.2 Å². The maximum atomic E-state index is 10.2. The van der Waals surface area contributed by atoms with Crippen LogP contribution in [-0.4, -0.2) is 10.2 Å². The van der Waals surface area contributed by atoms with Crippen LogP contribution in [0.15, 0.2) is 46.4 Å². The normalized spacial score (nSPS) is 13.0. The van der Waals surface area contributed by atoms with E-state index in [4.69, 9.17) is 4.42 Å². The molecule has 2 N–H and O–H groups in total. The van der Waals surface area contributed by atoms with Crippen molar-refractivity contribution in [1.29, 1.82) is 0 Å². The fourth-order valence-corrected chi connectivity index (χ4v) is 2.58. The number of hydrogen-bond acceptors (Lipinski definition) is 4. The number of phenolic OH excluding ortho intramolecular Hbond substituents is 1. The van der Waals surface area contributed by atoms with Gasteiger partial charge in [-0.2, -0.15) is 0 Å². The lowest BCUT2D eigenvalue weighted by molar-refractivity contribution is 0.224. The Kier molecular flexibility index (Phi) is 2.39. The highest BCUT2D eigenvalue weighted by Gasteiger charge is 2.17. The molecule has 2 heterocycles. The van der Waals surface area contributed by atoms with E-state index in [-0.39, 0.29) is 5.75 Å². The van der Waals surface area contributed by atoms with Crippen molar-refractivity contribution in [3.8, 4) is 5.75 Å². The molecular weight excluding hydrogens is 236 g/mol. The summed E-state index contributed by atoms with van der Waals surface area (Å²) in [5.41, 5.74) is 1.34. The number of aliphatic hydroxyl groups is 1. The zero-order chi connectivity index (χ0) is 11.8. The van der Waals surface area contributed by atoms with Gasteiger partial charge in [-0.3, -0.25) is 0 Å². The Labute approximate surface area is 102 Å². The molecule has 2 aromatic heterocycles. The predicted molar refractivity (Wildman–Crippen MR) is 66.3 cm³/mol. The Balaban J connectivity index is 2.14. The summed E-state index contributed by atoms with van der Waals surface area (Å²) in [5.74, 6) is 0.165. The van der Waals surface area contributed by atoms with Crippen LogP contribution in [0.5, 0.6) is 5.75 Å². The Morgan fingerprint density at radius 2 is 2.12 bits per heavy atom. The third-order valence-corrected chi connectivity index (χ3v) is 3.62. The molecule has 3 nitrogen and oxygen atoms in total. The third kappa shape index (κ3) is 1.71. The number of thiophene rings is 1. The summed E-state index contributed by atoms with van der Waals surface area (Å²) in [4.78, 5) is 0.857. The lowest BCUT2D eigenvalue weighted by Crippen LogP contribution is -1.95. The number of aromatic hydroxyl groups is 1. The number of furan rings is 1. The second-order valence-corrected chi connectivity index (χ2v) is 4.77. The fraction of sp³-hybridized carbons (Fsp3) is 0.0769. The van der Waals surface area contributed by atoms with E-state index >= 15 is 0 Å². The smallest absolute Gasteiger partial charge is 0.134 e. The van der Waals surface area contributed by atoms with Crippen LogP contribution in [0.4, 0.5) is 0 Å².